The predicted molar refractivity (Wildman–Crippen MR) is 104 cm³/mol. The molecule has 2 aromatic heterocycles. The van der Waals surface area contributed by atoms with E-state index in [2.05, 4.69) is 20.4 Å². The van der Waals surface area contributed by atoms with E-state index >= 15 is 0 Å². The number of fused-ring (bicyclic) bond motifs is 1. The van der Waals surface area contributed by atoms with Gasteiger partial charge in [0.25, 0.3) is 5.78 Å². The highest BCUT2D eigenvalue weighted by molar-refractivity contribution is 5.85. The lowest BCUT2D eigenvalue weighted by Crippen LogP contribution is -2.39. The molecule has 1 aliphatic rings. The van der Waals surface area contributed by atoms with Gasteiger partial charge in [0, 0.05) is 30.9 Å². The molecule has 0 radical (unpaired) electrons. The summed E-state index contributed by atoms with van der Waals surface area (Å²) in [5.74, 6) is 1.62. The summed E-state index contributed by atoms with van der Waals surface area (Å²) in [5, 5.41) is 7.42. The van der Waals surface area contributed by atoms with Crippen molar-refractivity contribution in [1.29, 1.82) is 0 Å². The molecule has 1 fully saturated rings. The van der Waals surface area contributed by atoms with Crippen LogP contribution in [-0.4, -0.2) is 57.1 Å². The molecule has 3 heterocycles. The van der Waals surface area contributed by atoms with Gasteiger partial charge in [-0.15, -0.1) is 12.4 Å². The number of likely N-dealkylation sites (tertiary alicyclic amines) is 1. The molecule has 7 nitrogen and oxygen atoms in total. The van der Waals surface area contributed by atoms with Crippen molar-refractivity contribution in [2.24, 2.45) is 5.92 Å². The Bertz CT molecular complexity index is 739. The highest BCUT2D eigenvalue weighted by Crippen LogP contribution is 2.21. The van der Waals surface area contributed by atoms with Crippen molar-refractivity contribution in [2.45, 2.75) is 46.0 Å². The number of aromatic nitrogens is 4. The number of carbonyl (C=O) groups excluding carboxylic acids is 1. The molecule has 2 aromatic rings. The Labute approximate surface area is 161 Å². The minimum atomic E-state index is 0. The first-order chi connectivity index (χ1) is 12.1. The van der Waals surface area contributed by atoms with Gasteiger partial charge in [-0.25, -0.2) is 9.50 Å². The highest BCUT2D eigenvalue weighted by Gasteiger charge is 2.22. The Morgan fingerprint density at radius 1 is 1.31 bits per heavy atom. The Hall–Kier alpha value is -1.73. The van der Waals surface area contributed by atoms with Crippen molar-refractivity contribution in [3.8, 4) is 0 Å². The van der Waals surface area contributed by atoms with Crippen molar-refractivity contribution >= 4 is 24.1 Å². The van der Waals surface area contributed by atoms with Gasteiger partial charge in [-0.3, -0.25) is 4.79 Å². The van der Waals surface area contributed by atoms with Crippen molar-refractivity contribution in [1.82, 2.24) is 29.8 Å². The summed E-state index contributed by atoms with van der Waals surface area (Å²) in [5.41, 5.74) is 3.07. The lowest BCUT2D eigenvalue weighted by molar-refractivity contribution is -0.132. The number of amides is 1. The Morgan fingerprint density at radius 3 is 2.73 bits per heavy atom. The van der Waals surface area contributed by atoms with Gasteiger partial charge >= 0.3 is 0 Å². The predicted octanol–water partition coefficient (Wildman–Crippen LogP) is 1.94. The molecule has 0 aromatic carbocycles. The second-order valence-corrected chi connectivity index (χ2v) is 6.95. The van der Waals surface area contributed by atoms with Gasteiger partial charge in [-0.2, -0.15) is 10.1 Å². The molecule has 26 heavy (non-hydrogen) atoms. The third kappa shape index (κ3) is 4.51. The fourth-order valence-electron chi connectivity index (χ4n) is 3.73. The normalized spacial score (nSPS) is 15.3. The molecule has 144 valence electrons. The van der Waals surface area contributed by atoms with E-state index in [9.17, 15) is 4.79 Å². The van der Waals surface area contributed by atoms with Crippen molar-refractivity contribution < 1.29 is 4.79 Å². The van der Waals surface area contributed by atoms with Crippen molar-refractivity contribution in [3.63, 3.8) is 0 Å². The topological polar surface area (TPSA) is 75.4 Å². The molecule has 0 aliphatic carbocycles. The molecule has 1 amide bonds. The van der Waals surface area contributed by atoms with Crippen LogP contribution in [-0.2, 0) is 11.2 Å². The number of nitrogens with zero attached hydrogens (tertiary/aromatic N) is 5. The Balaban J connectivity index is 0.00000243. The number of hydrogen-bond acceptors (Lipinski definition) is 5. The molecule has 3 rings (SSSR count). The fourth-order valence-corrected chi connectivity index (χ4v) is 3.73. The van der Waals surface area contributed by atoms with Crippen LogP contribution in [0.15, 0.2) is 6.33 Å². The zero-order valence-corrected chi connectivity index (χ0v) is 16.7. The third-order valence-electron chi connectivity index (χ3n) is 5.35. The van der Waals surface area contributed by atoms with Crippen molar-refractivity contribution in [3.05, 3.63) is 23.3 Å². The third-order valence-corrected chi connectivity index (χ3v) is 5.35. The lowest BCUT2D eigenvalue weighted by Gasteiger charge is -2.32. The van der Waals surface area contributed by atoms with Crippen LogP contribution in [0.3, 0.4) is 0 Å². The molecular formula is C18H29ClN6O. The number of piperidine rings is 1. The minimum absolute atomic E-state index is 0. The summed E-state index contributed by atoms with van der Waals surface area (Å²) in [6.45, 7) is 6.85. The minimum Gasteiger partial charge on any atom is -0.343 e. The van der Waals surface area contributed by atoms with Gasteiger partial charge in [0.05, 0.1) is 0 Å². The number of halogens is 1. The van der Waals surface area contributed by atoms with Crippen LogP contribution in [0, 0.1) is 19.8 Å². The maximum absolute atomic E-state index is 12.6. The van der Waals surface area contributed by atoms with Crippen LogP contribution in [0.2, 0.25) is 0 Å². The van der Waals surface area contributed by atoms with Crippen LogP contribution in [0.4, 0.5) is 0 Å². The van der Waals surface area contributed by atoms with Gasteiger partial charge in [-0.1, -0.05) is 0 Å². The van der Waals surface area contributed by atoms with E-state index in [-0.39, 0.29) is 18.3 Å². The van der Waals surface area contributed by atoms with E-state index in [4.69, 9.17) is 0 Å². The molecule has 0 atom stereocenters. The van der Waals surface area contributed by atoms with Gasteiger partial charge in [0.1, 0.15) is 6.33 Å². The molecular weight excluding hydrogens is 352 g/mol. The summed E-state index contributed by atoms with van der Waals surface area (Å²) >= 11 is 0. The number of carbonyl (C=O) groups is 1. The average molecular weight is 381 g/mol. The fraction of sp³-hybridized carbons (Fsp3) is 0.667. The molecule has 1 aliphatic heterocycles. The van der Waals surface area contributed by atoms with Crippen LogP contribution in [0.25, 0.3) is 5.78 Å². The van der Waals surface area contributed by atoms with Gasteiger partial charge in [-0.05, 0) is 64.6 Å². The quantitative estimate of drug-likeness (QED) is 0.828. The van der Waals surface area contributed by atoms with E-state index in [0.29, 0.717) is 18.6 Å². The lowest BCUT2D eigenvalue weighted by atomic mass is 9.93. The molecule has 1 saturated heterocycles. The van der Waals surface area contributed by atoms with Gasteiger partial charge < -0.3 is 10.2 Å². The second kappa shape index (κ2) is 9.28. The van der Waals surface area contributed by atoms with Gasteiger partial charge in [0.2, 0.25) is 5.91 Å². The largest absolute Gasteiger partial charge is 0.343 e. The molecule has 0 bridgehead atoms. The van der Waals surface area contributed by atoms with E-state index in [1.807, 2.05) is 25.8 Å². The molecule has 0 spiro atoms. The number of rotatable bonds is 6. The summed E-state index contributed by atoms with van der Waals surface area (Å²) in [7, 11) is 1.99. The Morgan fingerprint density at radius 2 is 2.04 bits per heavy atom. The number of aryl methyl sites for hydroxylation is 2. The van der Waals surface area contributed by atoms with E-state index in [1.165, 1.54) is 12.7 Å². The average Bonchev–Trinajstić information content (AvgIpc) is 3.08. The first kappa shape index (κ1) is 20.6. The highest BCUT2D eigenvalue weighted by atomic mass is 35.5. The van der Waals surface area contributed by atoms with Crippen molar-refractivity contribution in [2.75, 3.05) is 26.7 Å². The zero-order chi connectivity index (χ0) is 17.8. The zero-order valence-electron chi connectivity index (χ0n) is 15.9. The van der Waals surface area contributed by atoms with Crippen LogP contribution >= 0.6 is 12.4 Å². The first-order valence-corrected chi connectivity index (χ1v) is 9.18. The first-order valence-electron chi connectivity index (χ1n) is 9.18. The summed E-state index contributed by atoms with van der Waals surface area (Å²) in [6, 6.07) is 0. The molecule has 0 saturated carbocycles. The maximum atomic E-state index is 12.6. The second-order valence-electron chi connectivity index (χ2n) is 6.95. The smallest absolute Gasteiger partial charge is 0.252 e. The van der Waals surface area contributed by atoms with Crippen LogP contribution in [0.5, 0.6) is 0 Å². The van der Waals surface area contributed by atoms with Gasteiger partial charge in [0.15, 0.2) is 0 Å². The van der Waals surface area contributed by atoms with E-state index in [1.54, 1.807) is 4.52 Å². The maximum Gasteiger partial charge on any atom is 0.252 e. The SMILES string of the molecule is CNCCC1CCN(C(=O)CCc2c(C)nc3ncnn3c2C)CC1.Cl. The summed E-state index contributed by atoms with van der Waals surface area (Å²) in [4.78, 5) is 23.2. The molecule has 0 unspecified atom stereocenters. The van der Waals surface area contributed by atoms with E-state index in [0.717, 1.165) is 55.3 Å². The summed E-state index contributed by atoms with van der Waals surface area (Å²) < 4.78 is 1.75. The molecule has 8 heteroatoms. The standard InChI is InChI=1S/C18H28N6O.ClH/c1-13-16(14(2)24-18(22-13)20-12-21-24)4-5-17(25)23-10-7-15(8-11-23)6-9-19-3;/h12,15,19H,4-11H2,1-3H3;1H. The van der Waals surface area contributed by atoms with Crippen LogP contribution in [0.1, 0.15) is 42.6 Å². The number of hydrogen-bond donors (Lipinski definition) is 1. The monoisotopic (exact) mass is 380 g/mol. The van der Waals surface area contributed by atoms with E-state index < -0.39 is 0 Å². The molecule has 1 N–H and O–H groups in total. The Kier molecular flexibility index (Phi) is 7.34. The summed E-state index contributed by atoms with van der Waals surface area (Å²) in [6.07, 6.45) is 6.21. The van der Waals surface area contributed by atoms with Crippen LogP contribution < -0.4 is 5.32 Å². The number of nitrogens with one attached hydrogen (secondary N) is 1.